The van der Waals surface area contributed by atoms with Crippen molar-refractivity contribution in [3.63, 3.8) is 0 Å². The average Bonchev–Trinajstić information content (AvgIpc) is 3.13. The highest BCUT2D eigenvalue weighted by molar-refractivity contribution is 9.10. The van der Waals surface area contributed by atoms with E-state index in [1.807, 2.05) is 24.3 Å². The molecule has 0 radical (unpaired) electrons. The van der Waals surface area contributed by atoms with Gasteiger partial charge in [-0.05, 0) is 35.7 Å². The van der Waals surface area contributed by atoms with Gasteiger partial charge in [-0.3, -0.25) is 4.79 Å². The Balaban J connectivity index is 1.60. The van der Waals surface area contributed by atoms with Crippen molar-refractivity contribution in [3.8, 4) is 5.75 Å². The van der Waals surface area contributed by atoms with Gasteiger partial charge in [0.1, 0.15) is 12.0 Å². The molecule has 7 heteroatoms. The zero-order valence-electron chi connectivity index (χ0n) is 13.9. The second-order valence-corrected chi connectivity index (χ2v) is 6.68. The molecule has 0 bridgehead atoms. The molecule has 0 aliphatic rings. The second kappa shape index (κ2) is 8.16. The van der Waals surface area contributed by atoms with Gasteiger partial charge in [0.2, 0.25) is 5.89 Å². The second-order valence-electron chi connectivity index (χ2n) is 5.82. The minimum atomic E-state index is -0.482. The summed E-state index contributed by atoms with van der Waals surface area (Å²) >= 11 is 3.44. The lowest BCUT2D eigenvalue weighted by atomic mass is 10.1. The van der Waals surface area contributed by atoms with Crippen LogP contribution >= 0.6 is 15.9 Å². The summed E-state index contributed by atoms with van der Waals surface area (Å²) in [6.45, 7) is 0.377. The van der Waals surface area contributed by atoms with Gasteiger partial charge in [-0.1, -0.05) is 46.3 Å². The zero-order chi connectivity index (χ0) is 18.5. The number of nitrogens with zero attached hydrogens (tertiary/aromatic N) is 1. The smallest absolute Gasteiger partial charge is 0.273 e. The van der Waals surface area contributed by atoms with Gasteiger partial charge in [0, 0.05) is 11.0 Å². The van der Waals surface area contributed by atoms with Crippen LogP contribution in [0.15, 0.2) is 63.7 Å². The maximum Gasteiger partial charge on any atom is 0.273 e. The molecule has 134 valence electrons. The van der Waals surface area contributed by atoms with Crippen LogP contribution < -0.4 is 11.1 Å². The lowest BCUT2D eigenvalue weighted by Gasteiger charge is -2.07. The third kappa shape index (κ3) is 4.50. The Morgan fingerprint density at radius 2 is 1.96 bits per heavy atom. The number of halogens is 1. The first-order valence-electron chi connectivity index (χ1n) is 8.03. The Hall–Kier alpha value is -2.64. The molecule has 6 nitrogen and oxygen atoms in total. The average molecular weight is 416 g/mol. The molecule has 3 aromatic rings. The summed E-state index contributed by atoms with van der Waals surface area (Å²) in [5, 5.41) is 12.1. The van der Waals surface area contributed by atoms with Crippen LogP contribution in [0.4, 0.5) is 0 Å². The molecule has 0 aliphatic heterocycles. The van der Waals surface area contributed by atoms with E-state index in [0.717, 1.165) is 15.6 Å². The molecule has 3 rings (SSSR count). The van der Waals surface area contributed by atoms with Crippen molar-refractivity contribution in [2.24, 2.45) is 5.73 Å². The van der Waals surface area contributed by atoms with E-state index in [1.165, 1.54) is 6.26 Å². The number of amides is 1. The number of aromatic hydroxyl groups is 1. The summed E-state index contributed by atoms with van der Waals surface area (Å²) < 4.78 is 6.29. The molecule has 1 heterocycles. The number of oxazole rings is 1. The van der Waals surface area contributed by atoms with Crippen molar-refractivity contribution in [2.75, 3.05) is 0 Å². The maximum absolute atomic E-state index is 12.2. The van der Waals surface area contributed by atoms with Crippen molar-refractivity contribution < 1.29 is 14.3 Å². The quantitative estimate of drug-likeness (QED) is 0.572. The molecule has 1 unspecified atom stereocenters. The molecule has 1 atom stereocenters. The van der Waals surface area contributed by atoms with Gasteiger partial charge in [0.25, 0.3) is 5.91 Å². The zero-order valence-corrected chi connectivity index (χ0v) is 15.4. The van der Waals surface area contributed by atoms with Crippen LogP contribution in [0.1, 0.15) is 33.5 Å². The number of nitrogens with two attached hydrogens (primary N) is 1. The third-order valence-corrected chi connectivity index (χ3v) is 4.63. The van der Waals surface area contributed by atoms with E-state index in [0.29, 0.717) is 18.9 Å². The predicted octanol–water partition coefficient (Wildman–Crippen LogP) is 3.32. The summed E-state index contributed by atoms with van der Waals surface area (Å²) in [6, 6.07) is 13.9. The fourth-order valence-electron chi connectivity index (χ4n) is 2.44. The molecule has 0 aliphatic carbocycles. The lowest BCUT2D eigenvalue weighted by Crippen LogP contribution is -2.23. The van der Waals surface area contributed by atoms with E-state index in [4.69, 9.17) is 10.2 Å². The molecule has 0 saturated heterocycles. The fourth-order valence-corrected chi connectivity index (χ4v) is 2.87. The van der Waals surface area contributed by atoms with Crippen LogP contribution in [-0.4, -0.2) is 16.0 Å². The number of benzene rings is 2. The number of phenolic OH excluding ortho intramolecular Hbond substituents is 1. The minimum absolute atomic E-state index is 0.188. The van der Waals surface area contributed by atoms with E-state index in [9.17, 15) is 9.90 Å². The molecular weight excluding hydrogens is 398 g/mol. The first-order valence-corrected chi connectivity index (χ1v) is 8.83. The summed E-state index contributed by atoms with van der Waals surface area (Å²) in [4.78, 5) is 16.4. The Labute approximate surface area is 159 Å². The van der Waals surface area contributed by atoms with E-state index in [2.05, 4.69) is 26.2 Å². The Bertz CT molecular complexity index is 893. The van der Waals surface area contributed by atoms with Gasteiger partial charge in [-0.2, -0.15) is 0 Å². The lowest BCUT2D eigenvalue weighted by molar-refractivity contribution is 0.0946. The number of hydrogen-bond donors (Lipinski definition) is 3. The highest BCUT2D eigenvalue weighted by Gasteiger charge is 2.17. The number of phenols is 1. The number of hydrogen-bond acceptors (Lipinski definition) is 5. The summed E-state index contributed by atoms with van der Waals surface area (Å²) in [5.41, 5.74) is 8.20. The molecular formula is C19H18BrN3O3. The standard InChI is InChI=1S/C19H18BrN3O3/c20-15-4-2-1-3-13(15)10-22-18(25)17-11-26-19(23-17)16(21)9-12-5-7-14(24)8-6-12/h1-8,11,16,24H,9-10,21H2,(H,22,25). The molecule has 0 saturated carbocycles. The van der Waals surface area contributed by atoms with E-state index < -0.39 is 6.04 Å². The van der Waals surface area contributed by atoms with Crippen molar-refractivity contribution in [1.29, 1.82) is 0 Å². The molecule has 0 spiro atoms. The molecule has 0 fully saturated rings. The van der Waals surface area contributed by atoms with Gasteiger partial charge < -0.3 is 20.6 Å². The maximum atomic E-state index is 12.2. The predicted molar refractivity (Wildman–Crippen MR) is 101 cm³/mol. The van der Waals surface area contributed by atoms with Crippen LogP contribution in [0.2, 0.25) is 0 Å². The molecule has 4 N–H and O–H groups in total. The van der Waals surface area contributed by atoms with Crippen molar-refractivity contribution >= 4 is 21.8 Å². The highest BCUT2D eigenvalue weighted by Crippen LogP contribution is 2.18. The normalized spacial score (nSPS) is 11.9. The first kappa shape index (κ1) is 18.2. The number of aromatic nitrogens is 1. The monoisotopic (exact) mass is 415 g/mol. The van der Waals surface area contributed by atoms with Crippen molar-refractivity contribution in [2.45, 2.75) is 19.0 Å². The Morgan fingerprint density at radius 1 is 1.23 bits per heavy atom. The van der Waals surface area contributed by atoms with E-state index in [-0.39, 0.29) is 17.4 Å². The van der Waals surface area contributed by atoms with Crippen molar-refractivity contribution in [1.82, 2.24) is 10.3 Å². The number of carbonyl (C=O) groups excluding carboxylic acids is 1. The molecule has 1 aromatic heterocycles. The topological polar surface area (TPSA) is 101 Å². The van der Waals surface area contributed by atoms with Gasteiger partial charge >= 0.3 is 0 Å². The van der Waals surface area contributed by atoms with Gasteiger partial charge in [-0.25, -0.2) is 4.98 Å². The summed E-state index contributed by atoms with van der Waals surface area (Å²) in [7, 11) is 0. The summed E-state index contributed by atoms with van der Waals surface area (Å²) in [5.74, 6) is 0.166. The third-order valence-electron chi connectivity index (χ3n) is 3.86. The largest absolute Gasteiger partial charge is 0.508 e. The Morgan fingerprint density at radius 3 is 2.69 bits per heavy atom. The van der Waals surface area contributed by atoms with Crippen molar-refractivity contribution in [3.05, 3.63) is 82.0 Å². The van der Waals surface area contributed by atoms with Crippen LogP contribution in [-0.2, 0) is 13.0 Å². The van der Waals surface area contributed by atoms with Gasteiger partial charge in [0.05, 0.1) is 6.04 Å². The van der Waals surface area contributed by atoms with Gasteiger partial charge in [-0.15, -0.1) is 0 Å². The molecule has 1 amide bonds. The van der Waals surface area contributed by atoms with Crippen LogP contribution in [0, 0.1) is 0 Å². The molecule has 2 aromatic carbocycles. The highest BCUT2D eigenvalue weighted by atomic mass is 79.9. The number of nitrogens with one attached hydrogen (secondary N) is 1. The summed E-state index contributed by atoms with van der Waals surface area (Å²) in [6.07, 6.45) is 1.79. The SMILES string of the molecule is NC(Cc1ccc(O)cc1)c1nc(C(=O)NCc2ccccc2Br)co1. The fraction of sp³-hybridized carbons (Fsp3) is 0.158. The van der Waals surface area contributed by atoms with Crippen LogP contribution in [0.25, 0.3) is 0 Å². The van der Waals surface area contributed by atoms with E-state index >= 15 is 0 Å². The number of carbonyl (C=O) groups is 1. The van der Waals surface area contributed by atoms with Gasteiger partial charge in [0.15, 0.2) is 5.69 Å². The molecule has 26 heavy (non-hydrogen) atoms. The van der Waals surface area contributed by atoms with Crippen LogP contribution in [0.3, 0.4) is 0 Å². The first-order chi connectivity index (χ1) is 12.5. The number of rotatable bonds is 6. The van der Waals surface area contributed by atoms with E-state index in [1.54, 1.807) is 24.3 Å². The minimum Gasteiger partial charge on any atom is -0.508 e. The Kier molecular flexibility index (Phi) is 5.70. The van der Waals surface area contributed by atoms with Crippen LogP contribution in [0.5, 0.6) is 5.75 Å².